The van der Waals surface area contributed by atoms with Crippen LogP contribution in [-0.2, 0) is 33.8 Å². The number of carbonyl (C=O) groups is 2. The average molecular weight is 348 g/mol. The Hall–Kier alpha value is -2.08. The fourth-order valence-electron chi connectivity index (χ4n) is 2.72. The van der Waals surface area contributed by atoms with Crippen LogP contribution in [0.1, 0.15) is 44.4 Å². The summed E-state index contributed by atoms with van der Waals surface area (Å²) in [6.07, 6.45) is 0.540. The zero-order valence-corrected chi connectivity index (χ0v) is 15.6. The average Bonchev–Trinajstić information content (AvgIpc) is 2.53. The highest BCUT2D eigenvalue weighted by atomic mass is 16.6. The molecule has 0 fully saturated rings. The predicted octanol–water partition coefficient (Wildman–Crippen LogP) is 2.63. The Labute approximate surface area is 149 Å². The van der Waals surface area contributed by atoms with Gasteiger partial charge in [-0.15, -0.1) is 0 Å². The molecule has 0 saturated carbocycles. The molecule has 0 saturated heterocycles. The third-order valence-corrected chi connectivity index (χ3v) is 3.84. The number of benzene rings is 1. The second-order valence-corrected chi connectivity index (χ2v) is 7.16. The summed E-state index contributed by atoms with van der Waals surface area (Å²) in [4.78, 5) is 25.3. The second-order valence-electron chi connectivity index (χ2n) is 7.16. The van der Waals surface area contributed by atoms with Crippen molar-refractivity contribution in [1.29, 1.82) is 0 Å². The highest BCUT2D eigenvalue weighted by molar-refractivity contribution is 5.71. The molecule has 1 aliphatic rings. The summed E-state index contributed by atoms with van der Waals surface area (Å²) in [7, 11) is 0. The van der Waals surface area contributed by atoms with Crippen LogP contribution in [0.3, 0.4) is 0 Å². The van der Waals surface area contributed by atoms with Gasteiger partial charge in [-0.3, -0.25) is 4.79 Å². The van der Waals surface area contributed by atoms with E-state index in [4.69, 9.17) is 9.47 Å². The number of esters is 1. The molecule has 1 aromatic carbocycles. The number of hydrogen-bond acceptors (Lipinski definition) is 5. The van der Waals surface area contributed by atoms with Crippen molar-refractivity contribution in [3.05, 3.63) is 34.9 Å². The summed E-state index contributed by atoms with van der Waals surface area (Å²) in [5, 5.41) is 3.09. The lowest BCUT2D eigenvalue weighted by Crippen LogP contribution is -2.39. The molecule has 25 heavy (non-hydrogen) atoms. The van der Waals surface area contributed by atoms with Gasteiger partial charge in [-0.05, 0) is 50.8 Å². The first kappa shape index (κ1) is 19.2. The van der Waals surface area contributed by atoms with Crippen molar-refractivity contribution in [2.75, 3.05) is 19.7 Å². The Bertz CT molecular complexity index is 622. The van der Waals surface area contributed by atoms with Crippen LogP contribution in [0.2, 0.25) is 0 Å². The summed E-state index contributed by atoms with van der Waals surface area (Å²) in [6, 6.07) is 6.21. The number of hydrogen-bond donors (Lipinski definition) is 1. The molecule has 0 radical (unpaired) electrons. The van der Waals surface area contributed by atoms with E-state index < -0.39 is 5.60 Å². The van der Waals surface area contributed by atoms with Crippen LogP contribution in [0.25, 0.3) is 0 Å². The molecule has 0 atom stereocenters. The molecular weight excluding hydrogens is 320 g/mol. The van der Waals surface area contributed by atoms with E-state index in [2.05, 4.69) is 11.4 Å². The van der Waals surface area contributed by atoms with Gasteiger partial charge in [-0.2, -0.15) is 0 Å². The van der Waals surface area contributed by atoms with Crippen molar-refractivity contribution < 1.29 is 19.1 Å². The van der Waals surface area contributed by atoms with Gasteiger partial charge < -0.3 is 19.7 Å². The minimum atomic E-state index is -0.480. The molecule has 1 N–H and O–H groups in total. The Morgan fingerprint density at radius 2 is 2.00 bits per heavy atom. The maximum absolute atomic E-state index is 12.2. The lowest BCUT2D eigenvalue weighted by molar-refractivity contribution is -0.142. The molecule has 2 rings (SSSR count). The first-order valence-electron chi connectivity index (χ1n) is 8.73. The molecule has 138 valence electrons. The standard InChI is InChI=1S/C19H28N2O4/c1-5-24-17(22)12-20-11-14-6-7-16-13-21(9-8-15(16)10-14)18(23)25-19(2,3)4/h6-7,10,20H,5,8-9,11-13H2,1-4H3. The summed E-state index contributed by atoms with van der Waals surface area (Å²) in [5.41, 5.74) is 3.03. The maximum Gasteiger partial charge on any atom is 0.410 e. The van der Waals surface area contributed by atoms with E-state index in [1.54, 1.807) is 11.8 Å². The molecule has 6 heteroatoms. The Kier molecular flexibility index (Phi) is 6.42. The first-order chi connectivity index (χ1) is 11.8. The van der Waals surface area contributed by atoms with Crippen molar-refractivity contribution in [1.82, 2.24) is 10.2 Å². The van der Waals surface area contributed by atoms with Crippen LogP contribution in [0.15, 0.2) is 18.2 Å². The van der Waals surface area contributed by atoms with Crippen LogP contribution >= 0.6 is 0 Å². The molecule has 0 aliphatic carbocycles. The van der Waals surface area contributed by atoms with Crippen LogP contribution < -0.4 is 5.32 Å². The fraction of sp³-hybridized carbons (Fsp3) is 0.579. The highest BCUT2D eigenvalue weighted by Crippen LogP contribution is 2.22. The number of nitrogens with zero attached hydrogens (tertiary/aromatic N) is 1. The molecule has 0 spiro atoms. The van der Waals surface area contributed by atoms with Crippen molar-refractivity contribution >= 4 is 12.1 Å². The minimum Gasteiger partial charge on any atom is -0.465 e. The van der Waals surface area contributed by atoms with Gasteiger partial charge in [0, 0.05) is 19.6 Å². The normalized spacial score (nSPS) is 14.0. The van der Waals surface area contributed by atoms with Gasteiger partial charge in [0.2, 0.25) is 0 Å². The first-order valence-corrected chi connectivity index (χ1v) is 8.73. The summed E-state index contributed by atoms with van der Waals surface area (Å²) < 4.78 is 10.3. The van der Waals surface area contributed by atoms with E-state index in [1.165, 1.54) is 5.56 Å². The lowest BCUT2D eigenvalue weighted by atomic mass is 9.97. The van der Waals surface area contributed by atoms with E-state index >= 15 is 0 Å². The quantitative estimate of drug-likeness (QED) is 0.829. The van der Waals surface area contributed by atoms with Crippen molar-refractivity contribution in [2.24, 2.45) is 0 Å². The van der Waals surface area contributed by atoms with Crippen LogP contribution in [-0.4, -0.2) is 42.3 Å². The third kappa shape index (κ3) is 6.05. The van der Waals surface area contributed by atoms with Crippen molar-refractivity contribution in [2.45, 2.75) is 52.8 Å². The van der Waals surface area contributed by atoms with E-state index in [-0.39, 0.29) is 18.6 Å². The topological polar surface area (TPSA) is 67.9 Å². The zero-order chi connectivity index (χ0) is 18.4. The molecule has 1 amide bonds. The Morgan fingerprint density at radius 3 is 2.68 bits per heavy atom. The van der Waals surface area contributed by atoms with Gasteiger partial charge in [0.1, 0.15) is 5.60 Å². The number of nitrogens with one attached hydrogen (secondary N) is 1. The van der Waals surface area contributed by atoms with Gasteiger partial charge in [-0.25, -0.2) is 4.79 Å². The van der Waals surface area contributed by atoms with E-state index in [0.29, 0.717) is 26.2 Å². The molecule has 1 heterocycles. The van der Waals surface area contributed by atoms with Crippen molar-refractivity contribution in [3.63, 3.8) is 0 Å². The monoisotopic (exact) mass is 348 g/mol. The third-order valence-electron chi connectivity index (χ3n) is 3.84. The lowest BCUT2D eigenvalue weighted by Gasteiger charge is -2.31. The highest BCUT2D eigenvalue weighted by Gasteiger charge is 2.25. The largest absolute Gasteiger partial charge is 0.465 e. The zero-order valence-electron chi connectivity index (χ0n) is 15.6. The molecule has 0 bridgehead atoms. The van der Waals surface area contributed by atoms with Gasteiger partial charge >= 0.3 is 12.1 Å². The van der Waals surface area contributed by atoms with Gasteiger partial charge in [-0.1, -0.05) is 18.2 Å². The molecule has 0 unspecified atom stereocenters. The molecule has 1 aromatic rings. The van der Waals surface area contributed by atoms with E-state index in [1.807, 2.05) is 32.9 Å². The minimum absolute atomic E-state index is 0.206. The van der Waals surface area contributed by atoms with Gasteiger partial charge in [0.05, 0.1) is 13.2 Å². The smallest absolute Gasteiger partial charge is 0.410 e. The fourth-order valence-corrected chi connectivity index (χ4v) is 2.72. The molecule has 6 nitrogen and oxygen atoms in total. The summed E-state index contributed by atoms with van der Waals surface area (Å²) >= 11 is 0. The molecule has 0 aromatic heterocycles. The SMILES string of the molecule is CCOC(=O)CNCc1ccc2c(c1)CCN(C(=O)OC(C)(C)C)C2. The molecular formula is C19H28N2O4. The molecule has 1 aliphatic heterocycles. The van der Waals surface area contributed by atoms with Gasteiger partial charge in [0.15, 0.2) is 0 Å². The Balaban J connectivity index is 1.90. The maximum atomic E-state index is 12.2. The number of fused-ring (bicyclic) bond motifs is 1. The van der Waals surface area contributed by atoms with Crippen LogP contribution in [0.5, 0.6) is 0 Å². The van der Waals surface area contributed by atoms with E-state index in [0.717, 1.165) is 17.5 Å². The summed E-state index contributed by atoms with van der Waals surface area (Å²) in [6.45, 7) is 9.85. The Morgan fingerprint density at radius 1 is 1.24 bits per heavy atom. The number of carbonyl (C=O) groups excluding carboxylic acids is 2. The predicted molar refractivity (Wildman–Crippen MR) is 95.1 cm³/mol. The number of rotatable bonds is 5. The number of amides is 1. The van der Waals surface area contributed by atoms with Crippen molar-refractivity contribution in [3.8, 4) is 0 Å². The van der Waals surface area contributed by atoms with E-state index in [9.17, 15) is 9.59 Å². The van der Waals surface area contributed by atoms with Crippen LogP contribution in [0, 0.1) is 0 Å². The summed E-state index contributed by atoms with van der Waals surface area (Å²) in [5.74, 6) is -0.242. The van der Waals surface area contributed by atoms with Gasteiger partial charge in [0.25, 0.3) is 0 Å². The number of ether oxygens (including phenoxy) is 2. The second kappa shape index (κ2) is 8.34. The van der Waals surface area contributed by atoms with Crippen LogP contribution in [0.4, 0.5) is 4.79 Å².